The first-order valence-electron chi connectivity index (χ1n) is 9.16. The maximum absolute atomic E-state index is 13.1. The fraction of sp³-hybridized carbons (Fsp3) is 0.182. The quantitative estimate of drug-likeness (QED) is 0.594. The van der Waals surface area contributed by atoms with E-state index >= 15 is 0 Å². The molecule has 0 fully saturated rings. The number of carbonyl (C=O) groups is 1. The summed E-state index contributed by atoms with van der Waals surface area (Å²) < 4.78 is 18.6. The molecule has 1 heterocycles. The molecule has 0 aliphatic carbocycles. The number of aromatic nitrogens is 1. The van der Waals surface area contributed by atoms with E-state index in [1.54, 1.807) is 18.2 Å². The molecule has 0 aliphatic heterocycles. The lowest BCUT2D eigenvalue weighted by Crippen LogP contribution is -2.25. The largest absolute Gasteiger partial charge is 0.398 e. The lowest BCUT2D eigenvalue weighted by atomic mass is 10.0. The van der Waals surface area contributed by atoms with Crippen LogP contribution in [0.5, 0.6) is 0 Å². The summed E-state index contributed by atoms with van der Waals surface area (Å²) in [4.78, 5) is 12.8. The van der Waals surface area contributed by atoms with Crippen LogP contribution in [0.25, 0.3) is 23.0 Å². The van der Waals surface area contributed by atoms with Crippen LogP contribution in [0.3, 0.4) is 0 Å². The van der Waals surface area contributed by atoms with Gasteiger partial charge in [-0.3, -0.25) is 4.79 Å². The summed E-state index contributed by atoms with van der Waals surface area (Å²) in [6, 6.07) is 15.1. The summed E-state index contributed by atoms with van der Waals surface area (Å²) in [7, 11) is 0. The van der Waals surface area contributed by atoms with Crippen molar-refractivity contribution in [2.45, 2.75) is 19.8 Å². The second kappa shape index (κ2) is 8.99. The van der Waals surface area contributed by atoms with E-state index in [0.717, 1.165) is 18.4 Å². The van der Waals surface area contributed by atoms with Crippen molar-refractivity contribution in [3.8, 4) is 11.3 Å². The Morgan fingerprint density at radius 2 is 1.89 bits per heavy atom. The number of halogens is 1. The van der Waals surface area contributed by atoms with Crippen LogP contribution in [0.1, 0.15) is 41.4 Å². The van der Waals surface area contributed by atoms with Crippen molar-refractivity contribution in [1.29, 1.82) is 0 Å². The number of nitrogens with zero attached hydrogens (tertiary/aromatic N) is 1. The van der Waals surface area contributed by atoms with Gasteiger partial charge in [0.15, 0.2) is 5.76 Å². The molecule has 0 saturated carbocycles. The van der Waals surface area contributed by atoms with Gasteiger partial charge < -0.3 is 15.6 Å². The lowest BCUT2D eigenvalue weighted by molar-refractivity contribution is 0.0953. The molecular weight excluding hydrogens is 357 g/mol. The summed E-state index contributed by atoms with van der Waals surface area (Å²) in [5, 5.41) is 7.00. The zero-order valence-corrected chi connectivity index (χ0v) is 15.6. The third-order valence-corrected chi connectivity index (χ3v) is 4.27. The topological polar surface area (TPSA) is 81.2 Å². The van der Waals surface area contributed by atoms with E-state index in [4.69, 9.17) is 10.3 Å². The van der Waals surface area contributed by atoms with Gasteiger partial charge in [0, 0.05) is 23.9 Å². The highest BCUT2D eigenvalue weighted by Gasteiger charge is 2.23. The van der Waals surface area contributed by atoms with Crippen LogP contribution in [0.2, 0.25) is 0 Å². The van der Waals surface area contributed by atoms with E-state index in [-0.39, 0.29) is 17.5 Å². The Labute approximate surface area is 163 Å². The number of amides is 1. The van der Waals surface area contributed by atoms with Crippen LogP contribution >= 0.6 is 0 Å². The highest BCUT2D eigenvalue weighted by molar-refractivity contribution is 6.03. The molecule has 3 N–H and O–H groups in total. The fourth-order valence-electron chi connectivity index (χ4n) is 2.75. The molecule has 0 spiro atoms. The predicted octanol–water partition coefficient (Wildman–Crippen LogP) is 4.47. The standard InChI is InChI=1S/C22H22FN3O2/c1-2-3-13-25-22(27)20-19(14-18(24)15-9-11-17(23)12-10-15)28-26-21(20)16-7-5-4-6-8-16/h4-12,14H,2-3,13,24H2,1H3,(H,25,27)/b18-14-. The SMILES string of the molecule is CCCCNC(=O)c1c(-c2ccccc2)noc1/C=C(\N)c1ccc(F)cc1. The van der Waals surface area contributed by atoms with Gasteiger partial charge >= 0.3 is 0 Å². The second-order valence-corrected chi connectivity index (χ2v) is 6.35. The van der Waals surface area contributed by atoms with Crippen molar-refractivity contribution in [2.75, 3.05) is 6.54 Å². The fourth-order valence-corrected chi connectivity index (χ4v) is 2.75. The summed E-state index contributed by atoms with van der Waals surface area (Å²) in [5.41, 5.74) is 8.65. The minimum atomic E-state index is -0.349. The zero-order valence-electron chi connectivity index (χ0n) is 15.6. The van der Waals surface area contributed by atoms with Crippen molar-refractivity contribution in [1.82, 2.24) is 10.5 Å². The van der Waals surface area contributed by atoms with E-state index < -0.39 is 0 Å². The Kier molecular flexibility index (Phi) is 6.22. The van der Waals surface area contributed by atoms with E-state index in [1.807, 2.05) is 30.3 Å². The smallest absolute Gasteiger partial charge is 0.257 e. The number of hydrogen-bond acceptors (Lipinski definition) is 4. The molecule has 0 unspecified atom stereocenters. The average Bonchev–Trinajstić information content (AvgIpc) is 3.13. The van der Waals surface area contributed by atoms with E-state index in [2.05, 4.69) is 17.4 Å². The highest BCUT2D eigenvalue weighted by Crippen LogP contribution is 2.27. The van der Waals surface area contributed by atoms with E-state index in [0.29, 0.717) is 29.1 Å². The predicted molar refractivity (Wildman–Crippen MR) is 108 cm³/mol. The minimum Gasteiger partial charge on any atom is -0.398 e. The first kappa shape index (κ1) is 19.4. The Bertz CT molecular complexity index is 963. The van der Waals surface area contributed by atoms with Crippen molar-refractivity contribution >= 4 is 17.7 Å². The molecule has 28 heavy (non-hydrogen) atoms. The zero-order chi connectivity index (χ0) is 19.9. The maximum Gasteiger partial charge on any atom is 0.257 e. The molecule has 5 nitrogen and oxygen atoms in total. The molecule has 3 aromatic rings. The van der Waals surface area contributed by atoms with Gasteiger partial charge in [0.05, 0.1) is 0 Å². The Balaban J connectivity index is 2.00. The monoisotopic (exact) mass is 379 g/mol. The molecular formula is C22H22FN3O2. The Morgan fingerprint density at radius 3 is 2.57 bits per heavy atom. The van der Waals surface area contributed by atoms with Gasteiger partial charge in [0.2, 0.25) is 0 Å². The molecule has 0 atom stereocenters. The van der Waals surface area contributed by atoms with Gasteiger partial charge in [0.1, 0.15) is 17.1 Å². The van der Waals surface area contributed by atoms with Gasteiger partial charge in [-0.15, -0.1) is 0 Å². The van der Waals surface area contributed by atoms with Gasteiger partial charge in [-0.25, -0.2) is 4.39 Å². The van der Waals surface area contributed by atoms with Crippen LogP contribution in [0.4, 0.5) is 4.39 Å². The highest BCUT2D eigenvalue weighted by atomic mass is 19.1. The molecule has 1 aromatic heterocycles. The minimum absolute atomic E-state index is 0.259. The third kappa shape index (κ3) is 4.46. The molecule has 6 heteroatoms. The normalized spacial score (nSPS) is 11.4. The average molecular weight is 379 g/mol. The Hall–Kier alpha value is -3.41. The number of benzene rings is 2. The summed E-state index contributed by atoms with van der Waals surface area (Å²) in [5.74, 6) is -0.361. The van der Waals surface area contributed by atoms with Gasteiger partial charge in [-0.2, -0.15) is 0 Å². The first-order chi connectivity index (χ1) is 13.6. The third-order valence-electron chi connectivity index (χ3n) is 4.27. The number of nitrogens with one attached hydrogen (secondary N) is 1. The van der Waals surface area contributed by atoms with Gasteiger partial charge in [-0.05, 0) is 24.1 Å². The van der Waals surface area contributed by atoms with Crippen molar-refractivity contribution in [2.24, 2.45) is 5.73 Å². The van der Waals surface area contributed by atoms with Gasteiger partial charge in [0.25, 0.3) is 5.91 Å². The molecule has 3 rings (SSSR count). The second-order valence-electron chi connectivity index (χ2n) is 6.35. The van der Waals surface area contributed by atoms with Crippen LogP contribution in [0, 0.1) is 5.82 Å². The van der Waals surface area contributed by atoms with E-state index in [9.17, 15) is 9.18 Å². The molecule has 2 aromatic carbocycles. The van der Waals surface area contributed by atoms with Crippen molar-refractivity contribution < 1.29 is 13.7 Å². The summed E-state index contributed by atoms with van der Waals surface area (Å²) in [6.45, 7) is 2.61. The molecule has 144 valence electrons. The van der Waals surface area contributed by atoms with Crippen LogP contribution in [0.15, 0.2) is 59.1 Å². The lowest BCUT2D eigenvalue weighted by Gasteiger charge is -2.06. The summed E-state index contributed by atoms with van der Waals surface area (Å²) >= 11 is 0. The molecule has 0 bridgehead atoms. The van der Waals surface area contributed by atoms with Crippen LogP contribution in [-0.2, 0) is 0 Å². The van der Waals surface area contributed by atoms with Gasteiger partial charge in [-0.1, -0.05) is 61.0 Å². The number of nitrogens with two attached hydrogens (primary N) is 1. The number of carbonyl (C=O) groups excluding carboxylic acids is 1. The maximum atomic E-state index is 13.1. The van der Waals surface area contributed by atoms with E-state index in [1.165, 1.54) is 12.1 Å². The van der Waals surface area contributed by atoms with Crippen LogP contribution < -0.4 is 11.1 Å². The molecule has 1 amide bonds. The number of rotatable bonds is 7. The first-order valence-corrected chi connectivity index (χ1v) is 9.16. The Morgan fingerprint density at radius 1 is 1.18 bits per heavy atom. The molecule has 0 aliphatic rings. The van der Waals surface area contributed by atoms with Crippen LogP contribution in [-0.4, -0.2) is 17.6 Å². The summed E-state index contributed by atoms with van der Waals surface area (Å²) in [6.07, 6.45) is 3.39. The number of unbranched alkanes of at least 4 members (excludes halogenated alkanes) is 1. The van der Waals surface area contributed by atoms with Crippen molar-refractivity contribution in [3.63, 3.8) is 0 Å². The number of hydrogen-bond donors (Lipinski definition) is 2. The molecule has 0 radical (unpaired) electrons. The van der Waals surface area contributed by atoms with Crippen molar-refractivity contribution in [3.05, 3.63) is 77.3 Å². The molecule has 0 saturated heterocycles.